The predicted octanol–water partition coefficient (Wildman–Crippen LogP) is 1.88. The molecule has 0 aliphatic carbocycles. The number of anilines is 1. The molecule has 15 heavy (non-hydrogen) atoms. The predicted molar refractivity (Wildman–Crippen MR) is 54.7 cm³/mol. The van der Waals surface area contributed by atoms with Gasteiger partial charge in [-0.15, -0.1) is 11.6 Å². The summed E-state index contributed by atoms with van der Waals surface area (Å²) in [6, 6.07) is 3.58. The van der Waals surface area contributed by atoms with Crippen LogP contribution in [-0.2, 0) is 4.79 Å². The van der Waals surface area contributed by atoms with Gasteiger partial charge in [-0.05, 0) is 12.1 Å². The summed E-state index contributed by atoms with van der Waals surface area (Å²) in [6.45, 7) is 0.279. The lowest BCUT2D eigenvalue weighted by Crippen LogP contribution is -2.25. The Kier molecular flexibility index (Phi) is 2.52. The fourth-order valence-electron chi connectivity index (χ4n) is 1.60. The molecule has 1 aliphatic heterocycles. The van der Waals surface area contributed by atoms with Gasteiger partial charge in [-0.3, -0.25) is 4.79 Å². The quantitative estimate of drug-likeness (QED) is 0.747. The molecule has 1 heterocycles. The lowest BCUT2D eigenvalue weighted by molar-refractivity contribution is -0.117. The minimum absolute atomic E-state index is 0.0720. The lowest BCUT2D eigenvalue weighted by atomic mass is 10.2. The Morgan fingerprint density at radius 3 is 2.87 bits per heavy atom. The fourth-order valence-corrected chi connectivity index (χ4v) is 1.87. The van der Waals surface area contributed by atoms with Gasteiger partial charge in [0.15, 0.2) is 0 Å². The number of nitrogens with zero attached hydrogens (tertiary/aromatic N) is 1. The van der Waals surface area contributed by atoms with Gasteiger partial charge in [0.1, 0.15) is 11.6 Å². The van der Waals surface area contributed by atoms with E-state index < -0.39 is 5.82 Å². The smallest absolute Gasteiger partial charge is 0.228 e. The van der Waals surface area contributed by atoms with Crippen molar-refractivity contribution in [2.45, 2.75) is 11.8 Å². The van der Waals surface area contributed by atoms with E-state index in [9.17, 15) is 14.3 Å². The third-order valence-corrected chi connectivity index (χ3v) is 2.59. The van der Waals surface area contributed by atoms with Crippen LogP contribution in [0.4, 0.5) is 10.1 Å². The summed E-state index contributed by atoms with van der Waals surface area (Å²) in [7, 11) is 0. The number of carbonyl (C=O) groups is 1. The van der Waals surface area contributed by atoms with E-state index in [0.29, 0.717) is 0 Å². The first-order valence-corrected chi connectivity index (χ1v) is 4.94. The van der Waals surface area contributed by atoms with Crippen molar-refractivity contribution >= 4 is 23.2 Å². The van der Waals surface area contributed by atoms with Crippen molar-refractivity contribution < 1.29 is 14.3 Å². The summed E-state index contributed by atoms with van der Waals surface area (Å²) >= 11 is 5.80. The normalized spacial score (nSPS) is 21.1. The van der Waals surface area contributed by atoms with Crippen LogP contribution < -0.4 is 4.90 Å². The second-order valence-electron chi connectivity index (χ2n) is 3.44. The van der Waals surface area contributed by atoms with Gasteiger partial charge in [0.2, 0.25) is 5.91 Å². The highest BCUT2D eigenvalue weighted by atomic mass is 35.5. The van der Waals surface area contributed by atoms with Gasteiger partial charge in [0.25, 0.3) is 0 Å². The molecule has 0 aromatic heterocycles. The maximum atomic E-state index is 13.4. The SMILES string of the molecule is O=C1CC(Cl)CN1c1cc(O)ccc1F. The number of aromatic hydroxyl groups is 1. The highest BCUT2D eigenvalue weighted by molar-refractivity contribution is 6.24. The summed E-state index contributed by atoms with van der Waals surface area (Å²) in [5.41, 5.74) is 0.0863. The van der Waals surface area contributed by atoms with Gasteiger partial charge >= 0.3 is 0 Å². The molecule has 0 bridgehead atoms. The second kappa shape index (κ2) is 3.70. The molecule has 1 aromatic rings. The van der Waals surface area contributed by atoms with Crippen molar-refractivity contribution in [1.82, 2.24) is 0 Å². The van der Waals surface area contributed by atoms with Crippen LogP contribution in [0, 0.1) is 5.82 Å². The molecule has 1 aromatic carbocycles. The topological polar surface area (TPSA) is 40.5 Å². The molecule has 1 saturated heterocycles. The van der Waals surface area contributed by atoms with Crippen molar-refractivity contribution in [3.63, 3.8) is 0 Å². The number of alkyl halides is 1. The number of rotatable bonds is 1. The Bertz CT molecular complexity index is 410. The van der Waals surface area contributed by atoms with Crippen LogP contribution in [0.5, 0.6) is 5.75 Å². The van der Waals surface area contributed by atoms with Crippen LogP contribution in [0.1, 0.15) is 6.42 Å². The van der Waals surface area contributed by atoms with Gasteiger partial charge in [-0.2, -0.15) is 0 Å². The summed E-state index contributed by atoms with van der Waals surface area (Å²) in [5.74, 6) is -0.830. The highest BCUT2D eigenvalue weighted by Crippen LogP contribution is 2.29. The van der Waals surface area contributed by atoms with E-state index in [2.05, 4.69) is 0 Å². The second-order valence-corrected chi connectivity index (χ2v) is 4.06. The number of hydrogen-bond donors (Lipinski definition) is 1. The number of carbonyl (C=O) groups excluding carboxylic acids is 1. The van der Waals surface area contributed by atoms with Gasteiger partial charge in [-0.25, -0.2) is 4.39 Å². The Labute approximate surface area is 91.1 Å². The largest absolute Gasteiger partial charge is 0.508 e. The molecule has 1 aliphatic rings. The van der Waals surface area contributed by atoms with Gasteiger partial charge in [0, 0.05) is 19.0 Å². The maximum Gasteiger partial charge on any atom is 0.228 e. The van der Waals surface area contributed by atoms with Gasteiger partial charge in [0.05, 0.1) is 11.1 Å². The first kappa shape index (κ1) is 10.2. The van der Waals surface area contributed by atoms with Crippen LogP contribution >= 0.6 is 11.6 Å². The number of halogens is 2. The summed E-state index contributed by atoms with van der Waals surface area (Å²) in [5, 5.41) is 8.92. The monoisotopic (exact) mass is 229 g/mol. The minimum Gasteiger partial charge on any atom is -0.508 e. The van der Waals surface area contributed by atoms with Crippen molar-refractivity contribution in [3.8, 4) is 5.75 Å². The Morgan fingerprint density at radius 1 is 1.53 bits per heavy atom. The van der Waals surface area contributed by atoms with E-state index in [4.69, 9.17) is 11.6 Å². The zero-order valence-corrected chi connectivity index (χ0v) is 8.54. The van der Waals surface area contributed by atoms with Crippen LogP contribution in [0.3, 0.4) is 0 Å². The van der Waals surface area contributed by atoms with E-state index in [1.165, 1.54) is 17.0 Å². The van der Waals surface area contributed by atoms with Crippen LogP contribution in [0.25, 0.3) is 0 Å². The van der Waals surface area contributed by atoms with Gasteiger partial charge < -0.3 is 10.0 Å². The molecule has 1 unspecified atom stereocenters. The molecular formula is C10H9ClFNO2. The summed E-state index contributed by atoms with van der Waals surface area (Å²) in [6.07, 6.45) is 0.205. The van der Waals surface area contributed by atoms with Crippen molar-refractivity contribution in [1.29, 1.82) is 0 Å². The molecule has 80 valence electrons. The number of hydrogen-bond acceptors (Lipinski definition) is 2. The molecule has 0 radical (unpaired) electrons. The van der Waals surface area contributed by atoms with Crippen molar-refractivity contribution in [2.75, 3.05) is 11.4 Å². The number of benzene rings is 1. The molecule has 5 heteroatoms. The van der Waals surface area contributed by atoms with Crippen LogP contribution in [-0.4, -0.2) is 22.9 Å². The Hall–Kier alpha value is -1.29. The van der Waals surface area contributed by atoms with E-state index in [0.717, 1.165) is 6.07 Å². The summed E-state index contributed by atoms with van der Waals surface area (Å²) in [4.78, 5) is 12.7. The molecule has 3 nitrogen and oxygen atoms in total. The number of phenolic OH excluding ortho intramolecular Hbond substituents is 1. The van der Waals surface area contributed by atoms with E-state index in [-0.39, 0.29) is 35.7 Å². The molecule has 1 amide bonds. The number of amides is 1. The van der Waals surface area contributed by atoms with Crippen molar-refractivity contribution in [2.24, 2.45) is 0 Å². The molecule has 1 N–H and O–H groups in total. The molecular weight excluding hydrogens is 221 g/mol. The first-order chi connectivity index (χ1) is 7.08. The zero-order chi connectivity index (χ0) is 11.0. The molecule has 1 fully saturated rings. The molecule has 0 saturated carbocycles. The molecule has 2 rings (SSSR count). The number of phenols is 1. The zero-order valence-electron chi connectivity index (χ0n) is 7.78. The van der Waals surface area contributed by atoms with Crippen molar-refractivity contribution in [3.05, 3.63) is 24.0 Å². The third-order valence-electron chi connectivity index (χ3n) is 2.30. The minimum atomic E-state index is -0.535. The Balaban J connectivity index is 2.37. The fraction of sp³-hybridized carbons (Fsp3) is 0.300. The van der Waals surface area contributed by atoms with E-state index in [1.807, 2.05) is 0 Å². The summed E-state index contributed by atoms with van der Waals surface area (Å²) < 4.78 is 13.4. The maximum absolute atomic E-state index is 13.4. The third kappa shape index (κ3) is 1.90. The lowest BCUT2D eigenvalue weighted by Gasteiger charge is -2.16. The Morgan fingerprint density at radius 2 is 2.27 bits per heavy atom. The molecule has 0 spiro atoms. The van der Waals surface area contributed by atoms with Gasteiger partial charge in [-0.1, -0.05) is 0 Å². The van der Waals surface area contributed by atoms with E-state index >= 15 is 0 Å². The molecule has 1 atom stereocenters. The first-order valence-electron chi connectivity index (χ1n) is 4.51. The average molecular weight is 230 g/mol. The standard InChI is InChI=1S/C10H9ClFNO2/c11-6-3-10(15)13(5-6)9-4-7(14)1-2-8(9)12/h1-2,4,6,14H,3,5H2. The highest BCUT2D eigenvalue weighted by Gasteiger charge is 2.30. The van der Waals surface area contributed by atoms with E-state index in [1.54, 1.807) is 0 Å². The van der Waals surface area contributed by atoms with Crippen LogP contribution in [0.15, 0.2) is 18.2 Å². The average Bonchev–Trinajstić information content (AvgIpc) is 2.50. The van der Waals surface area contributed by atoms with Crippen LogP contribution in [0.2, 0.25) is 0 Å².